The molecular formula is C22H31N3O6. The van der Waals surface area contributed by atoms with Crippen molar-refractivity contribution in [1.29, 1.82) is 0 Å². The van der Waals surface area contributed by atoms with Gasteiger partial charge < -0.3 is 14.9 Å². The highest BCUT2D eigenvalue weighted by Crippen LogP contribution is 2.59. The Balaban J connectivity index is 1.53. The summed E-state index contributed by atoms with van der Waals surface area (Å²) in [6, 6.07) is -0.822. The van der Waals surface area contributed by atoms with E-state index in [1.54, 1.807) is 5.01 Å². The Morgan fingerprint density at radius 3 is 2.87 bits per heavy atom. The van der Waals surface area contributed by atoms with Gasteiger partial charge in [-0.05, 0) is 43.6 Å². The van der Waals surface area contributed by atoms with Crippen LogP contribution in [0, 0.1) is 17.3 Å². The minimum absolute atomic E-state index is 0.0269. The largest absolute Gasteiger partial charge is 0.493 e. The van der Waals surface area contributed by atoms with Crippen LogP contribution in [0.3, 0.4) is 0 Å². The second-order valence-corrected chi connectivity index (χ2v) is 9.65. The molecule has 6 atom stereocenters. The fraction of sp³-hybridized carbons (Fsp3) is 0.727. The number of hydroxylamine groups is 2. The molecule has 9 nitrogen and oxygen atoms in total. The van der Waals surface area contributed by atoms with Crippen molar-refractivity contribution in [3.8, 4) is 0 Å². The lowest BCUT2D eigenvalue weighted by atomic mass is 9.61. The fourth-order valence-electron chi connectivity index (χ4n) is 6.52. The summed E-state index contributed by atoms with van der Waals surface area (Å²) in [5.41, 5.74) is 0.990. The fourth-order valence-corrected chi connectivity index (χ4v) is 6.52. The van der Waals surface area contributed by atoms with Gasteiger partial charge >= 0.3 is 6.09 Å². The van der Waals surface area contributed by atoms with E-state index in [-0.39, 0.29) is 23.3 Å². The Morgan fingerprint density at radius 1 is 1.35 bits per heavy atom. The molecule has 3 aliphatic heterocycles. The molecule has 0 aromatic heterocycles. The number of aliphatic hydroxyl groups excluding tert-OH is 1. The molecule has 1 spiro atoms. The molecule has 2 amide bonds. The lowest BCUT2D eigenvalue weighted by Crippen LogP contribution is -2.53. The molecule has 0 radical (unpaired) electrons. The molecular weight excluding hydrogens is 402 g/mol. The molecule has 2 unspecified atom stereocenters. The Morgan fingerprint density at radius 2 is 2.16 bits per heavy atom. The second kappa shape index (κ2) is 7.41. The van der Waals surface area contributed by atoms with Crippen molar-refractivity contribution in [1.82, 2.24) is 15.1 Å². The molecule has 2 N–H and O–H groups in total. The Hall–Kier alpha value is -2.26. The maximum atomic E-state index is 12.7. The molecule has 31 heavy (non-hydrogen) atoms. The van der Waals surface area contributed by atoms with Crippen molar-refractivity contribution in [2.45, 2.75) is 63.7 Å². The molecule has 170 valence electrons. The number of hydrazine groups is 1. The predicted molar refractivity (Wildman–Crippen MR) is 109 cm³/mol. The molecule has 9 heteroatoms. The lowest BCUT2D eigenvalue weighted by molar-refractivity contribution is -0.172. The number of nitrogens with zero attached hydrogens (tertiary/aromatic N) is 3. The topological polar surface area (TPSA) is 103 Å². The van der Waals surface area contributed by atoms with Crippen LogP contribution in [0.2, 0.25) is 0 Å². The number of carbonyl (C=O) groups excluding carboxylic acids is 1. The van der Waals surface area contributed by atoms with E-state index in [1.807, 2.05) is 6.20 Å². The van der Waals surface area contributed by atoms with Gasteiger partial charge in [0.2, 0.25) is 0 Å². The van der Waals surface area contributed by atoms with Gasteiger partial charge in [-0.25, -0.2) is 14.9 Å². The zero-order valence-corrected chi connectivity index (χ0v) is 18.1. The molecule has 2 aliphatic carbocycles. The SMILES string of the molecule is CON1CC[C@@H](N(C(=O)O)N2C=CC34CC(C)CC[C@H]3OC3=C4[C@H](C[C@@H](O)C3)C2)C1=O. The van der Waals surface area contributed by atoms with E-state index in [1.165, 1.54) is 17.7 Å². The summed E-state index contributed by atoms with van der Waals surface area (Å²) in [6.45, 7) is 3.00. The second-order valence-electron chi connectivity index (χ2n) is 9.65. The molecule has 3 heterocycles. The number of carbonyl (C=O) groups is 2. The smallest absolute Gasteiger partial charge is 0.427 e. The highest BCUT2D eigenvalue weighted by Gasteiger charge is 2.56. The van der Waals surface area contributed by atoms with Gasteiger partial charge in [-0.2, -0.15) is 0 Å². The van der Waals surface area contributed by atoms with Crippen molar-refractivity contribution in [3.63, 3.8) is 0 Å². The lowest BCUT2D eigenvalue weighted by Gasteiger charge is -2.42. The highest BCUT2D eigenvalue weighted by atomic mass is 16.7. The van der Waals surface area contributed by atoms with Gasteiger partial charge in [0.15, 0.2) is 0 Å². The number of amides is 2. The monoisotopic (exact) mass is 433 g/mol. The maximum absolute atomic E-state index is 12.7. The molecule has 1 saturated carbocycles. The van der Waals surface area contributed by atoms with E-state index in [0.717, 1.165) is 30.0 Å². The first-order valence-corrected chi connectivity index (χ1v) is 11.3. The minimum atomic E-state index is -1.17. The molecule has 5 aliphatic rings. The van der Waals surface area contributed by atoms with Gasteiger partial charge in [0, 0.05) is 25.1 Å². The predicted octanol–water partition coefficient (Wildman–Crippen LogP) is 2.10. The standard InChI is InChI=1S/C22H31N3O6/c1-13-3-4-18-22(11-13)6-8-23(12-14-9-15(26)10-17(31-18)19(14)22)25(21(28)29)16-5-7-24(30-2)20(16)27/h6,8,13-16,18,26H,3-5,7,9-12H2,1-2H3,(H,28,29)/t13?,14-,15-,16-,18-,22?/m1/s1. The Labute approximate surface area is 181 Å². The first-order valence-electron chi connectivity index (χ1n) is 11.3. The summed E-state index contributed by atoms with van der Waals surface area (Å²) < 4.78 is 6.38. The van der Waals surface area contributed by atoms with E-state index in [9.17, 15) is 19.8 Å². The zero-order chi connectivity index (χ0) is 21.9. The summed E-state index contributed by atoms with van der Waals surface area (Å²) in [6.07, 6.45) is 6.80. The zero-order valence-electron chi connectivity index (χ0n) is 18.1. The van der Waals surface area contributed by atoms with Crippen molar-refractivity contribution < 1.29 is 29.4 Å². The Bertz CT molecular complexity index is 843. The normalized spacial score (nSPS) is 39.2. The molecule has 2 fully saturated rings. The maximum Gasteiger partial charge on any atom is 0.427 e. The van der Waals surface area contributed by atoms with Crippen molar-refractivity contribution in [3.05, 3.63) is 23.6 Å². The van der Waals surface area contributed by atoms with Crippen LogP contribution in [0.1, 0.15) is 45.4 Å². The summed E-state index contributed by atoms with van der Waals surface area (Å²) in [4.78, 5) is 30.1. The van der Waals surface area contributed by atoms with Gasteiger partial charge in [-0.15, -0.1) is 0 Å². The molecule has 0 aromatic rings. The summed E-state index contributed by atoms with van der Waals surface area (Å²) in [5.74, 6) is 1.06. The number of ether oxygens (including phenoxy) is 1. The van der Waals surface area contributed by atoms with Crippen LogP contribution in [-0.4, -0.2) is 75.7 Å². The molecule has 0 bridgehead atoms. The first-order chi connectivity index (χ1) is 14.8. The third kappa shape index (κ3) is 3.12. The third-order valence-corrected chi connectivity index (χ3v) is 7.73. The number of rotatable bonds is 3. The van der Waals surface area contributed by atoms with E-state index in [0.29, 0.717) is 38.3 Å². The van der Waals surface area contributed by atoms with E-state index < -0.39 is 18.2 Å². The third-order valence-electron chi connectivity index (χ3n) is 7.73. The molecule has 1 saturated heterocycles. The summed E-state index contributed by atoms with van der Waals surface area (Å²) >= 11 is 0. The minimum Gasteiger partial charge on any atom is -0.493 e. The van der Waals surface area contributed by atoms with Crippen LogP contribution in [0.15, 0.2) is 23.6 Å². The van der Waals surface area contributed by atoms with Crippen molar-refractivity contribution in [2.75, 3.05) is 20.2 Å². The number of carboxylic acid groups (broad SMARTS) is 1. The quantitative estimate of drug-likeness (QED) is 0.703. The Kier molecular flexibility index (Phi) is 4.93. The number of hydrogen-bond acceptors (Lipinski definition) is 6. The van der Waals surface area contributed by atoms with Crippen LogP contribution < -0.4 is 0 Å². The van der Waals surface area contributed by atoms with Gasteiger partial charge in [0.1, 0.15) is 12.1 Å². The van der Waals surface area contributed by atoms with Gasteiger partial charge in [-0.3, -0.25) is 14.6 Å². The van der Waals surface area contributed by atoms with E-state index in [2.05, 4.69) is 13.0 Å². The molecule has 5 rings (SSSR count). The highest BCUT2D eigenvalue weighted by molar-refractivity contribution is 5.86. The van der Waals surface area contributed by atoms with E-state index in [4.69, 9.17) is 9.57 Å². The molecule has 0 aromatic carbocycles. The van der Waals surface area contributed by atoms with Gasteiger partial charge in [0.05, 0.1) is 30.9 Å². The van der Waals surface area contributed by atoms with Gasteiger partial charge in [-0.1, -0.05) is 13.0 Å². The van der Waals surface area contributed by atoms with Crippen LogP contribution in [0.4, 0.5) is 4.79 Å². The summed E-state index contributed by atoms with van der Waals surface area (Å²) in [5, 5.41) is 24.6. The van der Waals surface area contributed by atoms with Crippen LogP contribution in [0.25, 0.3) is 0 Å². The van der Waals surface area contributed by atoms with Crippen LogP contribution >= 0.6 is 0 Å². The number of hydrogen-bond donors (Lipinski definition) is 2. The summed E-state index contributed by atoms with van der Waals surface area (Å²) in [7, 11) is 1.42. The van der Waals surface area contributed by atoms with Crippen molar-refractivity contribution >= 4 is 12.0 Å². The van der Waals surface area contributed by atoms with Crippen LogP contribution in [-0.2, 0) is 14.4 Å². The average Bonchev–Trinajstić information content (AvgIpc) is 3.17. The number of aliphatic hydroxyl groups is 1. The van der Waals surface area contributed by atoms with Gasteiger partial charge in [0.25, 0.3) is 5.91 Å². The van der Waals surface area contributed by atoms with Crippen molar-refractivity contribution in [2.24, 2.45) is 17.3 Å². The van der Waals surface area contributed by atoms with Crippen LogP contribution in [0.5, 0.6) is 0 Å². The average molecular weight is 434 g/mol. The first kappa shape index (κ1) is 20.6. The van der Waals surface area contributed by atoms with E-state index >= 15 is 0 Å².